The van der Waals surface area contributed by atoms with Crippen molar-refractivity contribution in [1.29, 1.82) is 0 Å². The van der Waals surface area contributed by atoms with Gasteiger partial charge < -0.3 is 14.2 Å². The molecule has 368 valence electrons. The number of esters is 3. The van der Waals surface area contributed by atoms with Crippen LogP contribution in [0.2, 0.25) is 0 Å². The number of allylic oxidation sites excluding steroid dienone is 18. The fourth-order valence-electron chi connectivity index (χ4n) is 6.77. The minimum atomic E-state index is -0.816. The number of carbonyl (C=O) groups is 3. The highest BCUT2D eigenvalue weighted by molar-refractivity contribution is 5.71. The Morgan fingerprint density at radius 1 is 0.323 bits per heavy atom. The van der Waals surface area contributed by atoms with Crippen molar-refractivity contribution >= 4 is 17.9 Å². The summed E-state index contributed by atoms with van der Waals surface area (Å²) in [5, 5.41) is 0. The zero-order valence-electron chi connectivity index (χ0n) is 42.0. The van der Waals surface area contributed by atoms with Gasteiger partial charge in [-0.25, -0.2) is 0 Å². The lowest BCUT2D eigenvalue weighted by atomic mass is 10.1. The van der Waals surface area contributed by atoms with Gasteiger partial charge in [-0.2, -0.15) is 0 Å². The van der Waals surface area contributed by atoms with Crippen LogP contribution in [0.15, 0.2) is 109 Å². The monoisotopic (exact) mass is 901 g/mol. The summed E-state index contributed by atoms with van der Waals surface area (Å²) in [5.41, 5.74) is 0. The van der Waals surface area contributed by atoms with Crippen LogP contribution >= 0.6 is 0 Å². The second-order valence-electron chi connectivity index (χ2n) is 17.0. The molecule has 65 heavy (non-hydrogen) atoms. The maximum atomic E-state index is 12.8. The molecule has 0 aliphatic heterocycles. The van der Waals surface area contributed by atoms with E-state index in [2.05, 4.69) is 130 Å². The van der Waals surface area contributed by atoms with E-state index in [-0.39, 0.29) is 37.5 Å². The standard InChI is InChI=1S/C59H96O6/c1-4-7-10-13-16-19-22-25-28-29-32-34-37-40-43-46-49-52-58(61)64-55-56(65-59(62)53-50-47-44-41-38-35-31-27-24-21-18-15-12-9-6-3)54-63-57(60)51-48-45-42-39-36-33-30-26-23-20-17-14-11-8-5-2/h7,10,16-21,25-28,30-32,34,40,43,56H,4-6,8-9,11-15,22-24,29,33,35-39,41-42,44-55H2,1-3H3/b10-7-,19-16-,20-17-,21-18-,28-25-,30-26-,31-27-,34-32-,43-40-. The van der Waals surface area contributed by atoms with Gasteiger partial charge in [0, 0.05) is 19.3 Å². The Kier molecular flexibility index (Phi) is 49.5. The molecule has 0 fully saturated rings. The van der Waals surface area contributed by atoms with Gasteiger partial charge in [-0.1, -0.05) is 194 Å². The molecule has 0 N–H and O–H groups in total. The van der Waals surface area contributed by atoms with Crippen molar-refractivity contribution < 1.29 is 28.6 Å². The zero-order chi connectivity index (χ0) is 47.2. The second kappa shape index (κ2) is 52.7. The Labute approximate surface area is 400 Å². The molecule has 0 aliphatic rings. The van der Waals surface area contributed by atoms with Gasteiger partial charge in [0.05, 0.1) is 0 Å². The van der Waals surface area contributed by atoms with E-state index in [4.69, 9.17) is 14.2 Å². The Bertz CT molecular complexity index is 1360. The molecule has 0 rings (SSSR count). The third-order valence-corrected chi connectivity index (χ3v) is 10.7. The van der Waals surface area contributed by atoms with Gasteiger partial charge in [0.2, 0.25) is 0 Å². The first-order valence-corrected chi connectivity index (χ1v) is 26.4. The van der Waals surface area contributed by atoms with Crippen molar-refractivity contribution in [3.05, 3.63) is 109 Å². The summed E-state index contributed by atoms with van der Waals surface area (Å²) in [4.78, 5) is 38.0. The minimum Gasteiger partial charge on any atom is -0.462 e. The first kappa shape index (κ1) is 61.1. The molecule has 0 bridgehead atoms. The van der Waals surface area contributed by atoms with E-state index >= 15 is 0 Å². The van der Waals surface area contributed by atoms with Gasteiger partial charge in [-0.3, -0.25) is 14.4 Å². The lowest BCUT2D eigenvalue weighted by Gasteiger charge is -2.18. The van der Waals surface area contributed by atoms with E-state index in [1.807, 2.05) is 0 Å². The third kappa shape index (κ3) is 50.9. The number of hydrogen-bond donors (Lipinski definition) is 0. The van der Waals surface area contributed by atoms with Crippen molar-refractivity contribution in [3.8, 4) is 0 Å². The van der Waals surface area contributed by atoms with E-state index in [0.717, 1.165) is 128 Å². The van der Waals surface area contributed by atoms with Crippen LogP contribution in [0.25, 0.3) is 0 Å². The van der Waals surface area contributed by atoms with Crippen molar-refractivity contribution in [2.75, 3.05) is 13.2 Å². The Balaban J connectivity index is 4.54. The second-order valence-corrected chi connectivity index (χ2v) is 17.0. The van der Waals surface area contributed by atoms with E-state index in [0.29, 0.717) is 19.3 Å². The summed E-state index contributed by atoms with van der Waals surface area (Å²) in [6.07, 6.45) is 70.7. The molecule has 0 saturated heterocycles. The van der Waals surface area contributed by atoms with Gasteiger partial charge >= 0.3 is 17.9 Å². The summed E-state index contributed by atoms with van der Waals surface area (Å²) >= 11 is 0. The molecule has 0 aliphatic carbocycles. The maximum absolute atomic E-state index is 12.8. The fraction of sp³-hybridized carbons (Fsp3) is 0.644. The quantitative estimate of drug-likeness (QED) is 0.0262. The van der Waals surface area contributed by atoms with Crippen molar-refractivity contribution in [2.45, 2.75) is 232 Å². The first-order chi connectivity index (χ1) is 32.0. The van der Waals surface area contributed by atoms with Crippen LogP contribution < -0.4 is 0 Å². The van der Waals surface area contributed by atoms with Crippen molar-refractivity contribution in [3.63, 3.8) is 0 Å². The first-order valence-electron chi connectivity index (χ1n) is 26.4. The molecule has 0 aromatic heterocycles. The molecule has 0 aromatic rings. The van der Waals surface area contributed by atoms with E-state index in [1.54, 1.807) is 0 Å². The number of carbonyl (C=O) groups excluding carboxylic acids is 3. The largest absolute Gasteiger partial charge is 0.462 e. The van der Waals surface area contributed by atoms with Crippen molar-refractivity contribution in [1.82, 2.24) is 0 Å². The molecule has 0 amide bonds. The summed E-state index contributed by atoms with van der Waals surface area (Å²) in [6, 6.07) is 0. The average molecular weight is 901 g/mol. The summed E-state index contributed by atoms with van der Waals surface area (Å²) in [6.45, 7) is 6.39. The molecule has 0 radical (unpaired) electrons. The van der Waals surface area contributed by atoms with E-state index in [1.165, 1.54) is 51.4 Å². The SMILES string of the molecule is CC/C=C\C/C=C\C/C=C\C/C=C\C/C=C\CCCC(=O)OCC(COC(=O)CCCCCCC/C=C\C/C=C\CCCCC)OC(=O)CCCCCCC/C=C\C/C=C\CCCCC. The molecule has 1 atom stereocenters. The normalized spacial score (nSPS) is 13.0. The van der Waals surface area contributed by atoms with Crippen LogP contribution in [0.3, 0.4) is 0 Å². The van der Waals surface area contributed by atoms with Crippen LogP contribution in [0, 0.1) is 0 Å². The summed E-state index contributed by atoms with van der Waals surface area (Å²) < 4.78 is 16.7. The Morgan fingerprint density at radius 2 is 0.615 bits per heavy atom. The summed E-state index contributed by atoms with van der Waals surface area (Å²) in [7, 11) is 0. The molecule has 1 unspecified atom stereocenters. The Morgan fingerprint density at radius 3 is 1.00 bits per heavy atom. The topological polar surface area (TPSA) is 78.9 Å². The van der Waals surface area contributed by atoms with Crippen LogP contribution in [-0.4, -0.2) is 37.2 Å². The maximum Gasteiger partial charge on any atom is 0.306 e. The van der Waals surface area contributed by atoms with Gasteiger partial charge in [0.25, 0.3) is 0 Å². The van der Waals surface area contributed by atoms with Crippen molar-refractivity contribution in [2.24, 2.45) is 0 Å². The molecule has 0 saturated carbocycles. The third-order valence-electron chi connectivity index (χ3n) is 10.7. The predicted octanol–water partition coefficient (Wildman–Crippen LogP) is 17.5. The number of rotatable bonds is 46. The molecular formula is C59H96O6. The van der Waals surface area contributed by atoms with Gasteiger partial charge in [-0.05, 0) is 122 Å². The molecule has 0 spiro atoms. The minimum absolute atomic E-state index is 0.111. The average Bonchev–Trinajstić information content (AvgIpc) is 3.30. The van der Waals surface area contributed by atoms with Crippen LogP contribution in [0.1, 0.15) is 226 Å². The van der Waals surface area contributed by atoms with Crippen LogP contribution in [-0.2, 0) is 28.6 Å². The zero-order valence-corrected chi connectivity index (χ0v) is 42.0. The molecule has 0 aromatic carbocycles. The van der Waals surface area contributed by atoms with E-state index in [9.17, 15) is 14.4 Å². The van der Waals surface area contributed by atoms with Gasteiger partial charge in [0.1, 0.15) is 13.2 Å². The smallest absolute Gasteiger partial charge is 0.306 e. The Hall–Kier alpha value is -3.93. The van der Waals surface area contributed by atoms with E-state index < -0.39 is 6.10 Å². The van der Waals surface area contributed by atoms with Gasteiger partial charge in [0.15, 0.2) is 6.10 Å². The van der Waals surface area contributed by atoms with Crippen LogP contribution in [0.5, 0.6) is 0 Å². The molecule has 0 heterocycles. The van der Waals surface area contributed by atoms with Gasteiger partial charge in [-0.15, -0.1) is 0 Å². The lowest BCUT2D eigenvalue weighted by Crippen LogP contribution is -2.30. The highest BCUT2D eigenvalue weighted by Gasteiger charge is 2.19. The fourth-order valence-corrected chi connectivity index (χ4v) is 6.77. The molecule has 6 heteroatoms. The molecule has 6 nitrogen and oxygen atoms in total. The number of ether oxygens (including phenoxy) is 3. The number of hydrogen-bond acceptors (Lipinski definition) is 6. The summed E-state index contributed by atoms with van der Waals surface area (Å²) in [5.74, 6) is -1.00. The lowest BCUT2D eigenvalue weighted by molar-refractivity contribution is -0.167. The predicted molar refractivity (Wildman–Crippen MR) is 279 cm³/mol. The number of unbranched alkanes of at least 4 members (excludes halogenated alkanes) is 17. The highest BCUT2D eigenvalue weighted by atomic mass is 16.6. The van der Waals surface area contributed by atoms with Crippen LogP contribution in [0.4, 0.5) is 0 Å². The molecular weight excluding hydrogens is 805 g/mol. The highest BCUT2D eigenvalue weighted by Crippen LogP contribution is 2.12.